The van der Waals surface area contributed by atoms with Crippen LogP contribution in [0, 0.1) is 0 Å². The predicted molar refractivity (Wildman–Crippen MR) is 95.2 cm³/mol. The molecule has 0 spiro atoms. The summed E-state index contributed by atoms with van der Waals surface area (Å²) in [6.07, 6.45) is -0.692. The lowest BCUT2D eigenvalue weighted by Crippen LogP contribution is -2.46. The van der Waals surface area contributed by atoms with E-state index in [2.05, 4.69) is 10.6 Å². The highest BCUT2D eigenvalue weighted by Gasteiger charge is 2.34. The number of ether oxygens (including phenoxy) is 1. The standard InChI is InChI=1S/C19H19N3O4/c20-17(23)16(22-19(25)26-11-12-6-2-1-3-7-12)10-14-13-8-4-5-9-15(13)21-18(14)24/h1-9,14,16H,10-11H2,(H2,20,23)(H,21,24)(H,22,25)/t14?,16-/m0/s1. The quantitative estimate of drug-likeness (QED) is 0.736. The van der Waals surface area contributed by atoms with Crippen LogP contribution < -0.4 is 16.4 Å². The van der Waals surface area contributed by atoms with Gasteiger partial charge in [0.2, 0.25) is 11.8 Å². The van der Waals surface area contributed by atoms with Crippen molar-refractivity contribution in [2.75, 3.05) is 5.32 Å². The largest absolute Gasteiger partial charge is 0.445 e. The normalized spacial score (nSPS) is 16.3. The number of nitrogens with one attached hydrogen (secondary N) is 2. The fourth-order valence-electron chi connectivity index (χ4n) is 2.90. The second-order valence-corrected chi connectivity index (χ2v) is 6.03. The Hall–Kier alpha value is -3.35. The van der Waals surface area contributed by atoms with Gasteiger partial charge in [0.1, 0.15) is 12.6 Å². The minimum atomic E-state index is -1.01. The van der Waals surface area contributed by atoms with E-state index in [0.29, 0.717) is 5.69 Å². The van der Waals surface area contributed by atoms with E-state index < -0.39 is 24.0 Å². The lowest BCUT2D eigenvalue weighted by atomic mass is 9.93. The number of rotatable bonds is 6. The Bertz CT molecular complexity index is 823. The molecule has 0 aliphatic carbocycles. The molecule has 0 fully saturated rings. The molecule has 2 aromatic carbocycles. The average Bonchev–Trinajstić information content (AvgIpc) is 2.95. The van der Waals surface area contributed by atoms with Gasteiger partial charge < -0.3 is 21.1 Å². The molecule has 0 saturated heterocycles. The van der Waals surface area contributed by atoms with Gasteiger partial charge in [0, 0.05) is 5.69 Å². The van der Waals surface area contributed by atoms with Crippen molar-refractivity contribution in [1.29, 1.82) is 0 Å². The van der Waals surface area contributed by atoms with Gasteiger partial charge in [-0.1, -0.05) is 48.5 Å². The van der Waals surface area contributed by atoms with Gasteiger partial charge in [-0.05, 0) is 23.6 Å². The summed E-state index contributed by atoms with van der Waals surface area (Å²) in [6.45, 7) is 0.0743. The molecule has 1 aliphatic rings. The van der Waals surface area contributed by atoms with E-state index in [4.69, 9.17) is 10.5 Å². The van der Waals surface area contributed by atoms with Gasteiger partial charge in [0.05, 0.1) is 5.92 Å². The SMILES string of the molecule is NC(=O)[C@H](CC1C(=O)Nc2ccccc21)NC(=O)OCc1ccccc1. The first-order chi connectivity index (χ1) is 12.5. The molecule has 2 atom stereocenters. The highest BCUT2D eigenvalue weighted by atomic mass is 16.5. The predicted octanol–water partition coefficient (Wildman–Crippen LogP) is 1.89. The number of nitrogens with two attached hydrogens (primary N) is 1. The van der Waals surface area contributed by atoms with Crippen LogP contribution in [0.25, 0.3) is 0 Å². The number of benzene rings is 2. The molecule has 26 heavy (non-hydrogen) atoms. The number of carbonyl (C=O) groups is 3. The van der Waals surface area contributed by atoms with E-state index >= 15 is 0 Å². The van der Waals surface area contributed by atoms with Crippen LogP contribution in [-0.2, 0) is 20.9 Å². The highest BCUT2D eigenvalue weighted by molar-refractivity contribution is 6.03. The minimum Gasteiger partial charge on any atom is -0.445 e. The Balaban J connectivity index is 1.62. The molecular weight excluding hydrogens is 334 g/mol. The maximum Gasteiger partial charge on any atom is 0.408 e. The van der Waals surface area contributed by atoms with Crippen LogP contribution >= 0.6 is 0 Å². The summed E-state index contributed by atoms with van der Waals surface area (Å²) in [6, 6.07) is 15.4. The number of para-hydroxylation sites is 1. The summed E-state index contributed by atoms with van der Waals surface area (Å²) in [7, 11) is 0. The van der Waals surface area contributed by atoms with Crippen LogP contribution in [0.4, 0.5) is 10.5 Å². The van der Waals surface area contributed by atoms with Gasteiger partial charge in [-0.2, -0.15) is 0 Å². The molecule has 0 radical (unpaired) electrons. The number of amides is 3. The van der Waals surface area contributed by atoms with Gasteiger partial charge in [0.15, 0.2) is 0 Å². The average molecular weight is 353 g/mol. The minimum absolute atomic E-state index is 0.0681. The third-order valence-electron chi connectivity index (χ3n) is 4.23. The van der Waals surface area contributed by atoms with E-state index in [1.807, 2.05) is 48.5 Å². The van der Waals surface area contributed by atoms with Crippen molar-refractivity contribution in [3.8, 4) is 0 Å². The lowest BCUT2D eigenvalue weighted by molar-refractivity contribution is -0.121. The summed E-state index contributed by atoms with van der Waals surface area (Å²) < 4.78 is 5.11. The number of carbonyl (C=O) groups excluding carboxylic acids is 3. The van der Waals surface area contributed by atoms with Crippen LogP contribution in [-0.4, -0.2) is 23.9 Å². The second-order valence-electron chi connectivity index (χ2n) is 6.03. The molecule has 7 heteroatoms. The summed E-state index contributed by atoms with van der Waals surface area (Å²) >= 11 is 0. The van der Waals surface area contributed by atoms with Crippen molar-refractivity contribution in [1.82, 2.24) is 5.32 Å². The van der Waals surface area contributed by atoms with E-state index in [9.17, 15) is 14.4 Å². The molecule has 134 valence electrons. The Kier molecular flexibility index (Phi) is 5.17. The van der Waals surface area contributed by atoms with Crippen LogP contribution in [0.3, 0.4) is 0 Å². The second kappa shape index (κ2) is 7.69. The zero-order valence-corrected chi connectivity index (χ0v) is 14.0. The molecule has 3 amide bonds. The zero-order valence-electron chi connectivity index (χ0n) is 14.0. The molecule has 1 heterocycles. The number of alkyl carbamates (subject to hydrolysis) is 1. The molecule has 1 unspecified atom stereocenters. The number of hydrogen-bond donors (Lipinski definition) is 3. The third kappa shape index (κ3) is 4.00. The molecule has 0 aromatic heterocycles. The first-order valence-corrected chi connectivity index (χ1v) is 8.21. The number of anilines is 1. The number of primary amides is 1. The molecule has 3 rings (SSSR count). The number of hydrogen-bond acceptors (Lipinski definition) is 4. The van der Waals surface area contributed by atoms with Crippen LogP contribution in [0.5, 0.6) is 0 Å². The zero-order chi connectivity index (χ0) is 18.5. The summed E-state index contributed by atoms with van der Waals surface area (Å²) in [5.74, 6) is -1.51. The summed E-state index contributed by atoms with van der Waals surface area (Å²) in [5, 5.41) is 5.21. The first kappa shape index (κ1) is 17.5. The van der Waals surface area contributed by atoms with Crippen molar-refractivity contribution in [3.63, 3.8) is 0 Å². The molecule has 7 nitrogen and oxygen atoms in total. The van der Waals surface area contributed by atoms with Crippen molar-refractivity contribution < 1.29 is 19.1 Å². The molecule has 0 saturated carbocycles. The van der Waals surface area contributed by atoms with Crippen LogP contribution in [0.2, 0.25) is 0 Å². The molecule has 2 aromatic rings. The Morgan fingerprint density at radius 3 is 2.54 bits per heavy atom. The fraction of sp³-hybridized carbons (Fsp3) is 0.211. The monoisotopic (exact) mass is 353 g/mol. The van der Waals surface area contributed by atoms with Crippen molar-refractivity contribution >= 4 is 23.6 Å². The van der Waals surface area contributed by atoms with Crippen molar-refractivity contribution in [2.24, 2.45) is 5.73 Å². The Morgan fingerprint density at radius 1 is 1.12 bits per heavy atom. The van der Waals surface area contributed by atoms with Gasteiger partial charge in [-0.3, -0.25) is 9.59 Å². The van der Waals surface area contributed by atoms with Gasteiger partial charge >= 0.3 is 6.09 Å². The molecular formula is C19H19N3O4. The molecule has 4 N–H and O–H groups in total. The fourth-order valence-corrected chi connectivity index (χ4v) is 2.90. The van der Waals surface area contributed by atoms with Gasteiger partial charge in [-0.25, -0.2) is 4.79 Å². The maximum absolute atomic E-state index is 12.2. The lowest BCUT2D eigenvalue weighted by Gasteiger charge is -2.18. The molecule has 0 bridgehead atoms. The van der Waals surface area contributed by atoms with E-state index in [-0.39, 0.29) is 18.9 Å². The van der Waals surface area contributed by atoms with E-state index in [1.54, 1.807) is 6.07 Å². The van der Waals surface area contributed by atoms with Gasteiger partial charge in [-0.15, -0.1) is 0 Å². The number of fused-ring (bicyclic) bond motifs is 1. The summed E-state index contributed by atoms with van der Waals surface area (Å²) in [5.41, 5.74) is 7.70. The third-order valence-corrected chi connectivity index (χ3v) is 4.23. The smallest absolute Gasteiger partial charge is 0.408 e. The van der Waals surface area contributed by atoms with E-state index in [0.717, 1.165) is 11.1 Å². The first-order valence-electron chi connectivity index (χ1n) is 8.21. The van der Waals surface area contributed by atoms with Crippen LogP contribution in [0.15, 0.2) is 54.6 Å². The van der Waals surface area contributed by atoms with Gasteiger partial charge in [0.25, 0.3) is 0 Å². The van der Waals surface area contributed by atoms with E-state index in [1.165, 1.54) is 0 Å². The maximum atomic E-state index is 12.2. The highest BCUT2D eigenvalue weighted by Crippen LogP contribution is 2.35. The Morgan fingerprint density at radius 2 is 1.81 bits per heavy atom. The van der Waals surface area contributed by atoms with Crippen molar-refractivity contribution in [3.05, 3.63) is 65.7 Å². The summed E-state index contributed by atoms with van der Waals surface area (Å²) in [4.78, 5) is 35.9. The molecule has 1 aliphatic heterocycles. The van der Waals surface area contributed by atoms with Crippen LogP contribution in [0.1, 0.15) is 23.5 Å². The van der Waals surface area contributed by atoms with Crippen molar-refractivity contribution in [2.45, 2.75) is 25.0 Å². The Labute approximate surface area is 150 Å². The topological polar surface area (TPSA) is 111 Å².